The normalized spacial score (nSPS) is 20.6. The molecule has 0 spiro atoms. The molecule has 0 saturated carbocycles. The largest absolute Gasteiger partial charge is 0.467 e. The van der Waals surface area contributed by atoms with E-state index in [-0.39, 0.29) is 12.5 Å². The first-order valence-corrected chi connectivity index (χ1v) is 7.28. The maximum absolute atomic E-state index is 12.5. The first kappa shape index (κ1) is 15.1. The van der Waals surface area contributed by atoms with Crippen LogP contribution in [0, 0.1) is 0 Å². The number of rotatable bonds is 6. The summed E-state index contributed by atoms with van der Waals surface area (Å²) in [5.41, 5.74) is 0. The van der Waals surface area contributed by atoms with Crippen LogP contribution >= 0.6 is 7.60 Å². The molecule has 1 amide bonds. The van der Waals surface area contributed by atoms with E-state index in [4.69, 9.17) is 9.05 Å². The molecule has 2 atom stereocenters. The van der Waals surface area contributed by atoms with Gasteiger partial charge in [0.15, 0.2) is 0 Å². The van der Waals surface area contributed by atoms with Gasteiger partial charge in [0.1, 0.15) is 0 Å². The number of hydrogen-bond donors (Lipinski definition) is 0. The highest BCUT2D eigenvalue weighted by Gasteiger charge is 2.48. The third-order valence-electron chi connectivity index (χ3n) is 2.68. The molecule has 1 heterocycles. The molecule has 104 valence electrons. The van der Waals surface area contributed by atoms with Crippen LogP contribution in [-0.2, 0) is 27.9 Å². The highest BCUT2D eigenvalue weighted by Crippen LogP contribution is 2.54. The van der Waals surface area contributed by atoms with Gasteiger partial charge in [0.25, 0.3) is 0 Å². The van der Waals surface area contributed by atoms with Crippen molar-refractivity contribution in [2.24, 2.45) is 0 Å². The smallest absolute Gasteiger partial charge is 0.364 e. The van der Waals surface area contributed by atoms with Crippen LogP contribution in [0.25, 0.3) is 0 Å². The van der Waals surface area contributed by atoms with Crippen molar-refractivity contribution in [3.05, 3.63) is 0 Å². The van der Waals surface area contributed by atoms with Crippen LogP contribution in [0.4, 0.5) is 0 Å². The van der Waals surface area contributed by atoms with E-state index in [1.807, 2.05) is 0 Å². The lowest BCUT2D eigenvalue weighted by atomic mass is 10.4. The predicted molar refractivity (Wildman–Crippen MR) is 63.0 cm³/mol. The summed E-state index contributed by atoms with van der Waals surface area (Å²) in [6.07, 6.45) is 0.936. The summed E-state index contributed by atoms with van der Waals surface area (Å²) in [5, 5.41) is 0. The zero-order valence-electron chi connectivity index (χ0n) is 10.7. The molecule has 0 aromatic heterocycles. The van der Waals surface area contributed by atoms with Crippen LogP contribution in [0.5, 0.6) is 0 Å². The Hall–Kier alpha value is -0.910. The van der Waals surface area contributed by atoms with Crippen molar-refractivity contribution in [1.82, 2.24) is 4.90 Å². The second-order valence-corrected chi connectivity index (χ2v) is 5.92. The van der Waals surface area contributed by atoms with Gasteiger partial charge in [-0.3, -0.25) is 9.36 Å². The van der Waals surface area contributed by atoms with E-state index >= 15 is 0 Å². The summed E-state index contributed by atoms with van der Waals surface area (Å²) in [6.45, 7) is 2.09. The summed E-state index contributed by atoms with van der Waals surface area (Å²) >= 11 is 0. The van der Waals surface area contributed by atoms with Crippen LogP contribution in [0.2, 0.25) is 0 Å². The van der Waals surface area contributed by atoms with Gasteiger partial charge < -0.3 is 18.7 Å². The van der Waals surface area contributed by atoms with Gasteiger partial charge in [-0.05, 0) is 13.3 Å². The molecular weight excluding hydrogens is 261 g/mol. The van der Waals surface area contributed by atoms with Crippen molar-refractivity contribution < 1.29 is 27.9 Å². The molecule has 1 saturated heterocycles. The fourth-order valence-corrected chi connectivity index (χ4v) is 3.62. The fourth-order valence-electron chi connectivity index (χ4n) is 1.86. The average molecular weight is 279 g/mol. The second-order valence-electron chi connectivity index (χ2n) is 3.73. The molecule has 1 rings (SSSR count). The Kier molecular flexibility index (Phi) is 5.31. The molecule has 0 radical (unpaired) electrons. The predicted octanol–water partition coefficient (Wildman–Crippen LogP) is 0.984. The lowest BCUT2D eigenvalue weighted by molar-refractivity contribution is -0.148. The molecule has 0 aliphatic carbocycles. The molecule has 0 N–H and O–H groups in total. The van der Waals surface area contributed by atoms with Crippen molar-refractivity contribution in [2.75, 3.05) is 27.4 Å². The first-order chi connectivity index (χ1) is 8.50. The number of carbonyl (C=O) groups is 2. The number of likely N-dealkylation sites (tertiary alicyclic amines) is 1. The summed E-state index contributed by atoms with van der Waals surface area (Å²) in [5.74, 6) is -2.35. The van der Waals surface area contributed by atoms with Crippen molar-refractivity contribution in [3.8, 4) is 0 Å². The standard InChI is InChI=1S/C10H18NO6P/c1-4-17-18(14,16-3)9(10(13)15-2)11-7-5-6-8(11)12/h9H,4-7H2,1-3H3. The van der Waals surface area contributed by atoms with Gasteiger partial charge in [-0.15, -0.1) is 0 Å². The van der Waals surface area contributed by atoms with Crippen molar-refractivity contribution in [3.63, 3.8) is 0 Å². The lowest BCUT2D eigenvalue weighted by Gasteiger charge is -2.30. The molecule has 2 unspecified atom stereocenters. The van der Waals surface area contributed by atoms with E-state index in [0.717, 1.165) is 0 Å². The van der Waals surface area contributed by atoms with Gasteiger partial charge >= 0.3 is 13.6 Å². The number of nitrogens with zero attached hydrogens (tertiary/aromatic N) is 1. The van der Waals surface area contributed by atoms with Crippen LogP contribution in [-0.4, -0.2) is 49.9 Å². The van der Waals surface area contributed by atoms with E-state index < -0.39 is 19.3 Å². The van der Waals surface area contributed by atoms with Gasteiger partial charge in [0.05, 0.1) is 13.7 Å². The van der Waals surface area contributed by atoms with Gasteiger partial charge in [-0.1, -0.05) is 0 Å². The Balaban J connectivity index is 3.07. The van der Waals surface area contributed by atoms with Crippen molar-refractivity contribution in [1.29, 1.82) is 0 Å². The highest BCUT2D eigenvalue weighted by atomic mass is 31.2. The number of methoxy groups -OCH3 is 1. The third kappa shape index (κ3) is 2.91. The molecule has 0 aromatic carbocycles. The van der Waals surface area contributed by atoms with Crippen LogP contribution in [0.15, 0.2) is 0 Å². The van der Waals surface area contributed by atoms with Gasteiger partial charge in [0.2, 0.25) is 11.7 Å². The Morgan fingerprint density at radius 3 is 2.56 bits per heavy atom. The topological polar surface area (TPSA) is 82.1 Å². The number of ether oxygens (including phenoxy) is 1. The van der Waals surface area contributed by atoms with E-state index in [1.165, 1.54) is 19.1 Å². The van der Waals surface area contributed by atoms with Crippen LogP contribution in [0.1, 0.15) is 19.8 Å². The fraction of sp³-hybridized carbons (Fsp3) is 0.800. The van der Waals surface area contributed by atoms with E-state index in [2.05, 4.69) is 4.74 Å². The molecule has 1 fully saturated rings. The number of carbonyl (C=O) groups excluding carboxylic acids is 2. The summed E-state index contributed by atoms with van der Waals surface area (Å²) in [4.78, 5) is 24.7. The molecule has 8 heteroatoms. The average Bonchev–Trinajstić information content (AvgIpc) is 2.76. The maximum atomic E-state index is 12.5. The zero-order chi connectivity index (χ0) is 13.8. The molecule has 1 aliphatic heterocycles. The molecule has 0 aromatic rings. The Bertz CT molecular complexity index is 371. The molecule has 18 heavy (non-hydrogen) atoms. The highest BCUT2D eigenvalue weighted by molar-refractivity contribution is 7.55. The Morgan fingerprint density at radius 1 is 1.50 bits per heavy atom. The molecule has 1 aliphatic rings. The minimum Gasteiger partial charge on any atom is -0.467 e. The maximum Gasteiger partial charge on any atom is 0.364 e. The first-order valence-electron chi connectivity index (χ1n) is 5.67. The quantitative estimate of drug-likeness (QED) is 0.532. The van der Waals surface area contributed by atoms with E-state index in [9.17, 15) is 14.2 Å². The molecule has 7 nitrogen and oxygen atoms in total. The second kappa shape index (κ2) is 6.31. The van der Waals surface area contributed by atoms with Crippen LogP contribution < -0.4 is 0 Å². The Morgan fingerprint density at radius 2 is 2.17 bits per heavy atom. The zero-order valence-corrected chi connectivity index (χ0v) is 11.6. The number of amides is 1. The minimum atomic E-state index is -3.74. The number of esters is 1. The van der Waals surface area contributed by atoms with Crippen molar-refractivity contribution >= 4 is 19.5 Å². The third-order valence-corrected chi connectivity index (χ3v) is 4.90. The summed E-state index contributed by atoms with van der Waals surface area (Å²) < 4.78 is 27.0. The SMILES string of the molecule is CCOP(=O)(OC)C(C(=O)OC)N1CCCC1=O. The van der Waals surface area contributed by atoms with Gasteiger partial charge in [-0.25, -0.2) is 4.79 Å². The molecule has 0 bridgehead atoms. The van der Waals surface area contributed by atoms with Crippen LogP contribution in [0.3, 0.4) is 0 Å². The van der Waals surface area contributed by atoms with E-state index in [0.29, 0.717) is 19.4 Å². The van der Waals surface area contributed by atoms with E-state index in [1.54, 1.807) is 6.92 Å². The summed E-state index contributed by atoms with van der Waals surface area (Å²) in [6, 6.07) is 0. The lowest BCUT2D eigenvalue weighted by Crippen LogP contribution is -2.43. The minimum absolute atomic E-state index is 0.112. The van der Waals surface area contributed by atoms with Gasteiger partial charge in [0, 0.05) is 20.1 Å². The monoisotopic (exact) mass is 279 g/mol. The van der Waals surface area contributed by atoms with Crippen molar-refractivity contribution in [2.45, 2.75) is 25.5 Å². The number of hydrogen-bond acceptors (Lipinski definition) is 6. The van der Waals surface area contributed by atoms with Gasteiger partial charge in [-0.2, -0.15) is 0 Å². The summed E-state index contributed by atoms with van der Waals surface area (Å²) in [7, 11) is -1.38. The Labute approximate surface area is 106 Å². The molecular formula is C10H18NO6P.